The molecule has 3 N–H and O–H groups in total. The molecule has 1 aromatic carbocycles. The van der Waals surface area contributed by atoms with E-state index in [0.717, 1.165) is 62.6 Å². The van der Waals surface area contributed by atoms with Crippen molar-refractivity contribution in [3.05, 3.63) is 48.3 Å². The molecule has 4 rings (SSSR count). The van der Waals surface area contributed by atoms with Crippen LogP contribution in [0, 0.1) is 5.92 Å². The second-order valence-electron chi connectivity index (χ2n) is 7.51. The van der Waals surface area contributed by atoms with Gasteiger partial charge in [0.25, 0.3) is 0 Å². The molecule has 1 saturated carbocycles. The number of amides is 1. The molecular formula is C21H28IN7O. The van der Waals surface area contributed by atoms with Crippen LogP contribution in [0.1, 0.15) is 24.8 Å². The number of carbonyl (C=O) groups is 1. The van der Waals surface area contributed by atoms with Crippen molar-refractivity contribution in [3.8, 4) is 0 Å². The van der Waals surface area contributed by atoms with Crippen LogP contribution in [0.15, 0.2) is 47.7 Å². The van der Waals surface area contributed by atoms with Gasteiger partial charge < -0.3 is 20.9 Å². The van der Waals surface area contributed by atoms with E-state index >= 15 is 0 Å². The first kappa shape index (κ1) is 22.3. The predicted molar refractivity (Wildman–Crippen MR) is 129 cm³/mol. The van der Waals surface area contributed by atoms with E-state index in [0.29, 0.717) is 12.5 Å². The van der Waals surface area contributed by atoms with Gasteiger partial charge in [0, 0.05) is 50.2 Å². The molecule has 1 aromatic heterocycles. The zero-order valence-electron chi connectivity index (χ0n) is 16.9. The zero-order chi connectivity index (χ0) is 20.1. The maximum atomic E-state index is 12.1. The number of rotatable bonds is 5. The Morgan fingerprint density at radius 1 is 1.13 bits per heavy atom. The summed E-state index contributed by atoms with van der Waals surface area (Å²) >= 11 is 0. The van der Waals surface area contributed by atoms with Crippen molar-refractivity contribution in [1.82, 2.24) is 14.9 Å². The third kappa shape index (κ3) is 5.59. The molecule has 1 aliphatic heterocycles. The largest absolute Gasteiger partial charge is 0.370 e. The third-order valence-corrected chi connectivity index (χ3v) is 5.53. The summed E-state index contributed by atoms with van der Waals surface area (Å²) in [6.45, 7) is 3.67. The number of nitrogens with two attached hydrogens (primary N) is 1. The van der Waals surface area contributed by atoms with Crippen LogP contribution in [0.2, 0.25) is 0 Å². The van der Waals surface area contributed by atoms with Crippen LogP contribution < -0.4 is 16.0 Å². The van der Waals surface area contributed by atoms with E-state index in [1.807, 2.05) is 30.3 Å². The van der Waals surface area contributed by atoms with Gasteiger partial charge in [0.2, 0.25) is 11.9 Å². The van der Waals surface area contributed by atoms with Gasteiger partial charge in [0.05, 0.1) is 6.54 Å². The lowest BCUT2D eigenvalue weighted by atomic mass is 9.85. The topological polar surface area (TPSA) is 99.7 Å². The Morgan fingerprint density at radius 3 is 2.53 bits per heavy atom. The van der Waals surface area contributed by atoms with E-state index in [-0.39, 0.29) is 35.8 Å². The van der Waals surface area contributed by atoms with Crippen LogP contribution in [-0.4, -0.2) is 52.9 Å². The number of piperazine rings is 1. The molecule has 0 atom stereocenters. The number of anilines is 2. The van der Waals surface area contributed by atoms with Crippen LogP contribution in [0.3, 0.4) is 0 Å². The molecule has 2 aliphatic rings. The zero-order valence-corrected chi connectivity index (χ0v) is 19.2. The smallest absolute Gasteiger partial charge is 0.227 e. The number of halogens is 1. The van der Waals surface area contributed by atoms with Crippen molar-refractivity contribution in [2.45, 2.75) is 25.8 Å². The normalized spacial score (nSPS) is 17.1. The molecule has 30 heavy (non-hydrogen) atoms. The highest BCUT2D eigenvalue weighted by Gasteiger charge is 2.25. The highest BCUT2D eigenvalue weighted by atomic mass is 127. The lowest BCUT2D eigenvalue weighted by molar-refractivity contribution is -0.122. The third-order valence-electron chi connectivity index (χ3n) is 5.53. The van der Waals surface area contributed by atoms with Crippen molar-refractivity contribution in [3.63, 3.8) is 0 Å². The van der Waals surface area contributed by atoms with Crippen molar-refractivity contribution in [2.24, 2.45) is 16.6 Å². The van der Waals surface area contributed by atoms with E-state index in [9.17, 15) is 4.79 Å². The summed E-state index contributed by atoms with van der Waals surface area (Å²) in [7, 11) is 0. The highest BCUT2D eigenvalue weighted by molar-refractivity contribution is 14.0. The summed E-state index contributed by atoms with van der Waals surface area (Å²) in [6.07, 6.45) is 6.66. The number of aromatic nitrogens is 2. The number of aliphatic imine (C=N–C) groups is 1. The van der Waals surface area contributed by atoms with Gasteiger partial charge in [0.15, 0.2) is 5.96 Å². The van der Waals surface area contributed by atoms with Gasteiger partial charge in [0.1, 0.15) is 0 Å². The van der Waals surface area contributed by atoms with Crippen LogP contribution >= 0.6 is 24.0 Å². The summed E-state index contributed by atoms with van der Waals surface area (Å²) in [4.78, 5) is 29.5. The lowest BCUT2D eigenvalue weighted by Crippen LogP contribution is -2.51. The second kappa shape index (κ2) is 10.6. The van der Waals surface area contributed by atoms with E-state index in [4.69, 9.17) is 5.73 Å². The Morgan fingerprint density at radius 2 is 1.87 bits per heavy atom. The van der Waals surface area contributed by atoms with Gasteiger partial charge in [-0.15, -0.1) is 24.0 Å². The van der Waals surface area contributed by atoms with Crippen molar-refractivity contribution in [1.29, 1.82) is 0 Å². The molecule has 0 bridgehead atoms. The van der Waals surface area contributed by atoms with Crippen LogP contribution in [0.4, 0.5) is 11.6 Å². The molecular weight excluding hydrogens is 493 g/mol. The average molecular weight is 521 g/mol. The Balaban J connectivity index is 0.00000256. The lowest BCUT2D eigenvalue weighted by Gasteiger charge is -2.35. The van der Waals surface area contributed by atoms with Crippen LogP contribution in [-0.2, 0) is 11.3 Å². The molecule has 1 aliphatic carbocycles. The van der Waals surface area contributed by atoms with Gasteiger partial charge >= 0.3 is 0 Å². The van der Waals surface area contributed by atoms with E-state index in [1.54, 1.807) is 12.4 Å². The molecule has 2 heterocycles. The van der Waals surface area contributed by atoms with Gasteiger partial charge in [-0.05, 0) is 36.6 Å². The molecule has 0 radical (unpaired) electrons. The molecule has 1 amide bonds. The summed E-state index contributed by atoms with van der Waals surface area (Å²) < 4.78 is 0. The Kier molecular flexibility index (Phi) is 7.83. The fraction of sp³-hybridized carbons (Fsp3) is 0.429. The van der Waals surface area contributed by atoms with Gasteiger partial charge in [-0.2, -0.15) is 0 Å². The summed E-state index contributed by atoms with van der Waals surface area (Å²) in [5, 5.41) is 3.01. The minimum absolute atomic E-state index is 0. The molecule has 9 heteroatoms. The quantitative estimate of drug-likeness (QED) is 0.357. The summed E-state index contributed by atoms with van der Waals surface area (Å²) in [6, 6.07) is 9.64. The van der Waals surface area contributed by atoms with Crippen LogP contribution in [0.25, 0.3) is 0 Å². The number of carbonyl (C=O) groups excluding carboxylic acids is 1. The van der Waals surface area contributed by atoms with E-state index < -0.39 is 0 Å². The molecule has 1 saturated heterocycles. The minimum atomic E-state index is 0. The summed E-state index contributed by atoms with van der Waals surface area (Å²) in [5.41, 5.74) is 8.07. The average Bonchev–Trinajstić information content (AvgIpc) is 2.72. The molecule has 0 spiro atoms. The fourth-order valence-corrected chi connectivity index (χ4v) is 3.52. The van der Waals surface area contributed by atoms with Gasteiger partial charge in [-0.1, -0.05) is 18.6 Å². The maximum Gasteiger partial charge on any atom is 0.227 e. The van der Waals surface area contributed by atoms with Crippen molar-refractivity contribution in [2.75, 3.05) is 36.4 Å². The first-order chi connectivity index (χ1) is 14.2. The fourth-order valence-electron chi connectivity index (χ4n) is 3.52. The number of hydrogen-bond acceptors (Lipinski definition) is 5. The first-order valence-electron chi connectivity index (χ1n) is 10.2. The van der Waals surface area contributed by atoms with E-state index in [1.165, 1.54) is 0 Å². The SMILES string of the molecule is I.NC(=NCc1cccc(NC(=O)C2CCC2)c1)N1CCN(c2ncccn2)CC1. The monoisotopic (exact) mass is 521 g/mol. The molecule has 0 unspecified atom stereocenters. The van der Waals surface area contributed by atoms with Gasteiger partial charge in [-0.25, -0.2) is 15.0 Å². The molecule has 160 valence electrons. The number of guanidine groups is 1. The second-order valence-corrected chi connectivity index (χ2v) is 7.51. The number of benzene rings is 1. The van der Waals surface area contributed by atoms with E-state index in [2.05, 4.69) is 30.1 Å². The Hall–Kier alpha value is -2.43. The minimum Gasteiger partial charge on any atom is -0.370 e. The van der Waals surface area contributed by atoms with Crippen molar-refractivity contribution < 1.29 is 4.79 Å². The standard InChI is InChI=1S/C21H27N7O.HI/c22-20(27-10-12-28(13-11-27)21-23-8-3-9-24-21)25-15-16-4-1-7-18(14-16)26-19(29)17-5-2-6-17;/h1,3-4,7-9,14,17H,2,5-6,10-13,15H2,(H2,22,25)(H,26,29);1H. The Labute approximate surface area is 194 Å². The maximum absolute atomic E-state index is 12.1. The molecule has 2 fully saturated rings. The number of nitrogens with one attached hydrogen (secondary N) is 1. The number of hydrogen-bond donors (Lipinski definition) is 2. The number of nitrogens with zero attached hydrogens (tertiary/aromatic N) is 5. The first-order valence-corrected chi connectivity index (χ1v) is 10.2. The Bertz CT molecular complexity index is 865. The van der Waals surface area contributed by atoms with Crippen LogP contribution in [0.5, 0.6) is 0 Å². The molecule has 2 aromatic rings. The molecule has 8 nitrogen and oxygen atoms in total. The summed E-state index contributed by atoms with van der Waals surface area (Å²) in [5.74, 6) is 1.59. The highest BCUT2D eigenvalue weighted by Crippen LogP contribution is 2.27. The van der Waals surface area contributed by atoms with Crippen molar-refractivity contribution >= 4 is 47.5 Å². The van der Waals surface area contributed by atoms with Gasteiger partial charge in [-0.3, -0.25) is 4.79 Å². The predicted octanol–water partition coefficient (Wildman–Crippen LogP) is 2.47.